The zero-order valence-corrected chi connectivity index (χ0v) is 24.6. The number of carbonyl (C=O) groups is 2. The standard InChI is InChI=1S/C26H32ClF4N5O6/c1-24(2,3)41-21(38)32-16-11-34(10-14(16)26(29,30)31)19-15(28)9-13-18(17(19)27)35(12-7-8-12)23(40)36(20(13)37)33-22(39)42-25(4,5)6/h9,12,14,16H,7-8,10-11H2,1-6H3,(H,32,38)(H,33,39)/t14-,16-/m1/s1. The molecule has 2 amide bonds. The van der Waals surface area contributed by atoms with Crippen molar-refractivity contribution >= 4 is 40.4 Å². The number of fused-ring (bicyclic) bond motifs is 1. The van der Waals surface area contributed by atoms with E-state index >= 15 is 4.39 Å². The van der Waals surface area contributed by atoms with E-state index in [0.717, 1.165) is 15.5 Å². The minimum Gasteiger partial charge on any atom is -0.444 e. The number of amides is 2. The van der Waals surface area contributed by atoms with Gasteiger partial charge in [0.25, 0.3) is 5.56 Å². The summed E-state index contributed by atoms with van der Waals surface area (Å²) >= 11 is 6.60. The molecule has 2 heterocycles. The second-order valence-corrected chi connectivity index (χ2v) is 12.7. The van der Waals surface area contributed by atoms with Crippen LogP contribution in [0.15, 0.2) is 15.7 Å². The zero-order chi connectivity index (χ0) is 31.5. The SMILES string of the molecule is CC(C)(C)OC(=O)N[C@@H]1CN(c2c(F)cc3c(=O)n(NC(=O)OC(C)(C)C)c(=O)n(C4CC4)c3c2Cl)C[C@H]1C(F)(F)F. The highest BCUT2D eigenvalue weighted by Crippen LogP contribution is 2.43. The Morgan fingerprint density at radius 1 is 0.976 bits per heavy atom. The van der Waals surface area contributed by atoms with Gasteiger partial charge in [0.05, 0.1) is 33.6 Å². The molecule has 2 fully saturated rings. The van der Waals surface area contributed by atoms with E-state index < -0.39 is 88.4 Å². The van der Waals surface area contributed by atoms with Gasteiger partial charge in [-0.15, -0.1) is 0 Å². The summed E-state index contributed by atoms with van der Waals surface area (Å²) in [7, 11) is 0. The Hall–Kier alpha value is -3.49. The number of ether oxygens (including phenoxy) is 2. The van der Waals surface area contributed by atoms with E-state index in [1.807, 2.05) is 0 Å². The van der Waals surface area contributed by atoms with Crippen molar-refractivity contribution in [1.29, 1.82) is 0 Å². The Kier molecular flexibility index (Phi) is 7.98. The fraction of sp³-hybridized carbons (Fsp3) is 0.615. The van der Waals surface area contributed by atoms with Gasteiger partial charge in [-0.3, -0.25) is 9.36 Å². The molecular formula is C26H32ClF4N5O6. The minimum absolute atomic E-state index is 0.181. The molecule has 1 aliphatic carbocycles. The first kappa shape index (κ1) is 31.4. The molecule has 0 radical (unpaired) electrons. The number of alkyl halides is 3. The van der Waals surface area contributed by atoms with Gasteiger partial charge in [0, 0.05) is 19.1 Å². The van der Waals surface area contributed by atoms with Crippen LogP contribution in [-0.2, 0) is 9.47 Å². The average Bonchev–Trinajstić information content (AvgIpc) is 3.54. The molecule has 0 bridgehead atoms. The maximum atomic E-state index is 15.6. The molecule has 2 atom stereocenters. The van der Waals surface area contributed by atoms with Crippen LogP contribution in [0, 0.1) is 11.7 Å². The maximum absolute atomic E-state index is 15.6. The second kappa shape index (κ2) is 10.7. The van der Waals surface area contributed by atoms with Gasteiger partial charge in [-0.1, -0.05) is 11.6 Å². The topological polar surface area (TPSA) is 124 Å². The van der Waals surface area contributed by atoms with E-state index in [9.17, 15) is 32.3 Å². The number of rotatable bonds is 4. The molecule has 1 aromatic carbocycles. The van der Waals surface area contributed by atoms with Gasteiger partial charge in [0.15, 0.2) is 0 Å². The lowest BCUT2D eigenvalue weighted by molar-refractivity contribution is -0.173. The van der Waals surface area contributed by atoms with Crippen LogP contribution < -0.4 is 26.9 Å². The number of anilines is 1. The average molecular weight is 622 g/mol. The van der Waals surface area contributed by atoms with Crippen LogP contribution in [0.4, 0.5) is 32.8 Å². The van der Waals surface area contributed by atoms with Crippen LogP contribution in [0.3, 0.4) is 0 Å². The molecule has 11 nitrogen and oxygen atoms in total. The third-order valence-corrected chi connectivity index (χ3v) is 6.87. The number of benzene rings is 1. The highest BCUT2D eigenvalue weighted by molar-refractivity contribution is 6.38. The van der Waals surface area contributed by atoms with Gasteiger partial charge in [-0.2, -0.15) is 17.8 Å². The lowest BCUT2D eigenvalue weighted by atomic mass is 10.0. The molecule has 1 aliphatic heterocycles. The third kappa shape index (κ3) is 6.60. The van der Waals surface area contributed by atoms with E-state index in [1.54, 1.807) is 41.5 Å². The molecule has 1 saturated carbocycles. The predicted molar refractivity (Wildman–Crippen MR) is 146 cm³/mol. The number of nitrogens with one attached hydrogen (secondary N) is 2. The second-order valence-electron chi connectivity index (χ2n) is 12.4. The summed E-state index contributed by atoms with van der Waals surface area (Å²) in [4.78, 5) is 52.3. The van der Waals surface area contributed by atoms with Gasteiger partial charge in [0.1, 0.15) is 17.0 Å². The lowest BCUT2D eigenvalue weighted by Crippen LogP contribution is -2.48. The molecule has 42 heavy (non-hydrogen) atoms. The van der Waals surface area contributed by atoms with E-state index in [2.05, 4.69) is 10.7 Å². The monoisotopic (exact) mass is 621 g/mol. The first-order valence-electron chi connectivity index (χ1n) is 13.2. The van der Waals surface area contributed by atoms with Crippen LogP contribution in [0.1, 0.15) is 60.4 Å². The molecular weight excluding hydrogens is 590 g/mol. The van der Waals surface area contributed by atoms with Gasteiger partial charge < -0.3 is 19.7 Å². The summed E-state index contributed by atoms with van der Waals surface area (Å²) in [5.41, 5.74) is -2.58. The van der Waals surface area contributed by atoms with Crippen molar-refractivity contribution in [2.45, 2.75) is 83.8 Å². The van der Waals surface area contributed by atoms with Crippen molar-refractivity contribution in [3.05, 3.63) is 37.7 Å². The Morgan fingerprint density at radius 3 is 2.07 bits per heavy atom. The number of hydrogen-bond acceptors (Lipinski definition) is 7. The van der Waals surface area contributed by atoms with Crippen LogP contribution in [-0.4, -0.2) is 57.9 Å². The molecule has 1 saturated heterocycles. The summed E-state index contributed by atoms with van der Waals surface area (Å²) in [6.07, 6.45) is -5.94. The molecule has 2 aliphatic rings. The highest BCUT2D eigenvalue weighted by Gasteiger charge is 2.51. The molecule has 16 heteroatoms. The first-order valence-corrected chi connectivity index (χ1v) is 13.6. The molecule has 0 spiro atoms. The summed E-state index contributed by atoms with van der Waals surface area (Å²) in [5.74, 6) is -3.24. The van der Waals surface area contributed by atoms with Crippen molar-refractivity contribution < 1.29 is 36.6 Å². The Balaban J connectivity index is 1.80. The van der Waals surface area contributed by atoms with Gasteiger partial charge >= 0.3 is 24.1 Å². The van der Waals surface area contributed by atoms with Gasteiger partial charge in [-0.25, -0.2) is 24.2 Å². The molecule has 4 rings (SSSR count). The highest BCUT2D eigenvalue weighted by atomic mass is 35.5. The number of aromatic nitrogens is 2. The first-order chi connectivity index (χ1) is 19.2. The fourth-order valence-electron chi connectivity index (χ4n) is 4.78. The summed E-state index contributed by atoms with van der Waals surface area (Å²) in [5, 5.41) is 1.39. The van der Waals surface area contributed by atoms with E-state index in [0.29, 0.717) is 17.5 Å². The zero-order valence-electron chi connectivity index (χ0n) is 23.8. The normalized spacial score (nSPS) is 19.6. The maximum Gasteiger partial charge on any atom is 0.427 e. The van der Waals surface area contributed by atoms with Crippen molar-refractivity contribution in [1.82, 2.24) is 14.6 Å². The van der Waals surface area contributed by atoms with Crippen LogP contribution >= 0.6 is 11.6 Å². The van der Waals surface area contributed by atoms with Crippen LogP contribution in [0.5, 0.6) is 0 Å². The predicted octanol–water partition coefficient (Wildman–Crippen LogP) is 4.66. The van der Waals surface area contributed by atoms with Crippen LogP contribution in [0.2, 0.25) is 5.02 Å². The summed E-state index contributed by atoms with van der Waals surface area (Å²) < 4.78 is 69.4. The van der Waals surface area contributed by atoms with Crippen molar-refractivity contribution in [3.8, 4) is 0 Å². The number of nitrogens with zero attached hydrogens (tertiary/aromatic N) is 3. The third-order valence-electron chi connectivity index (χ3n) is 6.51. The van der Waals surface area contributed by atoms with Crippen molar-refractivity contribution in [2.24, 2.45) is 5.92 Å². The van der Waals surface area contributed by atoms with Crippen molar-refractivity contribution in [2.75, 3.05) is 23.4 Å². The Morgan fingerprint density at radius 2 is 1.55 bits per heavy atom. The number of carbonyl (C=O) groups excluding carboxylic acids is 2. The molecule has 2 aromatic rings. The number of hydrogen-bond donors (Lipinski definition) is 2. The Labute approximate surface area is 242 Å². The molecule has 2 N–H and O–H groups in total. The largest absolute Gasteiger partial charge is 0.444 e. The number of alkyl carbamates (subject to hydrolysis) is 1. The van der Waals surface area contributed by atoms with Crippen molar-refractivity contribution in [3.63, 3.8) is 0 Å². The van der Waals surface area contributed by atoms with Crippen LogP contribution in [0.25, 0.3) is 10.9 Å². The smallest absolute Gasteiger partial charge is 0.427 e. The minimum atomic E-state index is -4.77. The quantitative estimate of drug-likeness (QED) is 0.476. The number of halogens is 5. The fourth-order valence-corrected chi connectivity index (χ4v) is 5.19. The van der Waals surface area contributed by atoms with E-state index in [1.165, 1.54) is 0 Å². The molecule has 0 unspecified atom stereocenters. The van der Waals surface area contributed by atoms with E-state index in [-0.39, 0.29) is 10.9 Å². The summed E-state index contributed by atoms with van der Waals surface area (Å²) in [6.45, 7) is 8.12. The van der Waals surface area contributed by atoms with E-state index in [4.69, 9.17) is 21.1 Å². The lowest BCUT2D eigenvalue weighted by Gasteiger charge is -2.25. The van der Waals surface area contributed by atoms with Gasteiger partial charge in [0.2, 0.25) is 0 Å². The molecule has 1 aromatic heterocycles. The summed E-state index contributed by atoms with van der Waals surface area (Å²) in [6, 6.07) is -1.20. The molecule has 232 valence electrons. The Bertz CT molecular complexity index is 1540. The van der Waals surface area contributed by atoms with Gasteiger partial charge in [-0.05, 0) is 60.5 Å².